The standard InChI is InChI=1S/C19H23N3O3/c1-13(15-3-4-18-19(9-15)24-12-23-18)22-7-5-16(6-8-22)25-17-10-20-14(2)21-11-17/h3-4,9-11,13,16H,5-8,12H2,1-2H3. The van der Waals surface area contributed by atoms with Crippen molar-refractivity contribution in [2.24, 2.45) is 0 Å². The Labute approximate surface area is 147 Å². The molecule has 0 spiro atoms. The first-order valence-electron chi connectivity index (χ1n) is 8.78. The van der Waals surface area contributed by atoms with E-state index >= 15 is 0 Å². The van der Waals surface area contributed by atoms with E-state index in [2.05, 4.69) is 33.9 Å². The van der Waals surface area contributed by atoms with Crippen molar-refractivity contribution in [1.29, 1.82) is 0 Å². The minimum Gasteiger partial charge on any atom is -0.487 e. The highest BCUT2D eigenvalue weighted by Crippen LogP contribution is 2.36. The number of rotatable bonds is 4. The predicted octanol–water partition coefficient (Wildman–Crippen LogP) is 3.12. The van der Waals surface area contributed by atoms with Crippen molar-refractivity contribution in [3.05, 3.63) is 42.0 Å². The van der Waals surface area contributed by atoms with Crippen LogP contribution >= 0.6 is 0 Å². The predicted molar refractivity (Wildman–Crippen MR) is 93.0 cm³/mol. The molecule has 0 N–H and O–H groups in total. The van der Waals surface area contributed by atoms with E-state index in [0.29, 0.717) is 12.8 Å². The van der Waals surface area contributed by atoms with Gasteiger partial charge in [-0.15, -0.1) is 0 Å². The maximum absolute atomic E-state index is 6.02. The van der Waals surface area contributed by atoms with Crippen LogP contribution in [0.3, 0.4) is 0 Å². The minimum atomic E-state index is 0.228. The molecule has 1 atom stereocenters. The molecule has 0 saturated carbocycles. The summed E-state index contributed by atoms with van der Waals surface area (Å²) >= 11 is 0. The number of likely N-dealkylation sites (tertiary alicyclic amines) is 1. The summed E-state index contributed by atoms with van der Waals surface area (Å²) in [6.45, 7) is 6.45. The molecule has 2 aliphatic heterocycles. The first-order valence-corrected chi connectivity index (χ1v) is 8.78. The second-order valence-electron chi connectivity index (χ2n) is 6.61. The third-order valence-corrected chi connectivity index (χ3v) is 4.96. The van der Waals surface area contributed by atoms with Crippen LogP contribution in [-0.4, -0.2) is 40.9 Å². The highest BCUT2D eigenvalue weighted by Gasteiger charge is 2.26. The zero-order valence-corrected chi connectivity index (χ0v) is 14.6. The number of aromatic nitrogens is 2. The first-order chi connectivity index (χ1) is 12.2. The lowest BCUT2D eigenvalue weighted by atomic mass is 10.0. The van der Waals surface area contributed by atoms with Gasteiger partial charge in [-0.3, -0.25) is 4.90 Å². The van der Waals surface area contributed by atoms with Crippen molar-refractivity contribution in [3.8, 4) is 17.2 Å². The topological polar surface area (TPSA) is 56.7 Å². The van der Waals surface area contributed by atoms with Crippen molar-refractivity contribution in [1.82, 2.24) is 14.9 Å². The van der Waals surface area contributed by atoms with Gasteiger partial charge in [-0.1, -0.05) is 6.07 Å². The highest BCUT2D eigenvalue weighted by atomic mass is 16.7. The summed E-state index contributed by atoms with van der Waals surface area (Å²) in [4.78, 5) is 10.9. The van der Waals surface area contributed by atoms with E-state index in [4.69, 9.17) is 14.2 Å². The summed E-state index contributed by atoms with van der Waals surface area (Å²) in [6, 6.07) is 6.57. The monoisotopic (exact) mass is 341 g/mol. The van der Waals surface area contributed by atoms with E-state index < -0.39 is 0 Å². The van der Waals surface area contributed by atoms with Gasteiger partial charge in [0.15, 0.2) is 17.2 Å². The lowest BCUT2D eigenvalue weighted by molar-refractivity contribution is 0.0791. The summed E-state index contributed by atoms with van der Waals surface area (Å²) in [5, 5.41) is 0. The van der Waals surface area contributed by atoms with E-state index in [1.165, 1.54) is 5.56 Å². The normalized spacial score (nSPS) is 19.0. The summed E-state index contributed by atoms with van der Waals surface area (Å²) in [5.74, 6) is 3.21. The maximum Gasteiger partial charge on any atom is 0.231 e. The number of ether oxygens (including phenoxy) is 3. The fraction of sp³-hybridized carbons (Fsp3) is 0.474. The van der Waals surface area contributed by atoms with E-state index in [0.717, 1.165) is 49.0 Å². The van der Waals surface area contributed by atoms with E-state index in [-0.39, 0.29) is 6.10 Å². The molecule has 1 aromatic carbocycles. The van der Waals surface area contributed by atoms with Gasteiger partial charge < -0.3 is 14.2 Å². The van der Waals surface area contributed by atoms with Crippen LogP contribution in [0.2, 0.25) is 0 Å². The second-order valence-corrected chi connectivity index (χ2v) is 6.61. The SMILES string of the molecule is Cc1ncc(OC2CCN(C(C)c3ccc4c(c3)OCO4)CC2)cn1. The van der Waals surface area contributed by atoms with Gasteiger partial charge in [0.25, 0.3) is 0 Å². The van der Waals surface area contributed by atoms with Gasteiger partial charge >= 0.3 is 0 Å². The highest BCUT2D eigenvalue weighted by molar-refractivity contribution is 5.45. The van der Waals surface area contributed by atoms with Crippen molar-refractivity contribution in [3.63, 3.8) is 0 Å². The van der Waals surface area contributed by atoms with Crippen molar-refractivity contribution in [2.75, 3.05) is 19.9 Å². The van der Waals surface area contributed by atoms with Crippen LogP contribution in [0.15, 0.2) is 30.6 Å². The third kappa shape index (κ3) is 3.54. The largest absolute Gasteiger partial charge is 0.487 e. The molecule has 1 fully saturated rings. The Bertz CT molecular complexity index is 727. The fourth-order valence-corrected chi connectivity index (χ4v) is 3.40. The molecule has 132 valence electrons. The molecular weight excluding hydrogens is 318 g/mol. The Morgan fingerprint density at radius 3 is 2.60 bits per heavy atom. The van der Waals surface area contributed by atoms with Crippen molar-refractivity contribution in [2.45, 2.75) is 38.8 Å². The Hall–Kier alpha value is -2.34. The van der Waals surface area contributed by atoms with Gasteiger partial charge in [-0.25, -0.2) is 9.97 Å². The summed E-state index contributed by atoms with van der Waals surface area (Å²) in [7, 11) is 0. The Kier molecular flexibility index (Phi) is 4.44. The quantitative estimate of drug-likeness (QED) is 0.852. The molecule has 6 heteroatoms. The Balaban J connectivity index is 1.34. The van der Waals surface area contributed by atoms with Gasteiger partial charge in [0.05, 0.1) is 12.4 Å². The Morgan fingerprint density at radius 1 is 1.12 bits per heavy atom. The molecule has 25 heavy (non-hydrogen) atoms. The molecule has 0 aliphatic carbocycles. The van der Waals surface area contributed by atoms with Gasteiger partial charge in [0.1, 0.15) is 11.9 Å². The molecule has 0 bridgehead atoms. The average Bonchev–Trinajstić information content (AvgIpc) is 3.11. The van der Waals surface area contributed by atoms with Gasteiger partial charge in [-0.2, -0.15) is 0 Å². The van der Waals surface area contributed by atoms with Crippen LogP contribution in [0.25, 0.3) is 0 Å². The zero-order chi connectivity index (χ0) is 17.2. The number of fused-ring (bicyclic) bond motifs is 1. The zero-order valence-electron chi connectivity index (χ0n) is 14.6. The average molecular weight is 341 g/mol. The lowest BCUT2D eigenvalue weighted by Gasteiger charge is -2.36. The molecule has 1 aromatic heterocycles. The molecule has 1 unspecified atom stereocenters. The summed E-state index contributed by atoms with van der Waals surface area (Å²) < 4.78 is 16.9. The van der Waals surface area contributed by atoms with E-state index in [1.807, 2.05) is 13.0 Å². The van der Waals surface area contributed by atoms with Gasteiger partial charge in [0, 0.05) is 19.1 Å². The molecule has 3 heterocycles. The van der Waals surface area contributed by atoms with Crippen molar-refractivity contribution < 1.29 is 14.2 Å². The molecule has 6 nitrogen and oxygen atoms in total. The molecule has 4 rings (SSSR count). The molecule has 2 aromatic rings. The van der Waals surface area contributed by atoms with Gasteiger partial charge in [-0.05, 0) is 44.4 Å². The van der Waals surface area contributed by atoms with Crippen LogP contribution in [0, 0.1) is 6.92 Å². The van der Waals surface area contributed by atoms with Crippen LogP contribution in [-0.2, 0) is 0 Å². The second kappa shape index (κ2) is 6.88. The smallest absolute Gasteiger partial charge is 0.231 e. The van der Waals surface area contributed by atoms with Crippen LogP contribution in [0.5, 0.6) is 17.2 Å². The van der Waals surface area contributed by atoms with Crippen LogP contribution in [0.4, 0.5) is 0 Å². The Morgan fingerprint density at radius 2 is 1.84 bits per heavy atom. The number of aryl methyl sites for hydroxylation is 1. The van der Waals surface area contributed by atoms with Crippen LogP contribution < -0.4 is 14.2 Å². The number of hydrogen-bond donors (Lipinski definition) is 0. The molecular formula is C19H23N3O3. The third-order valence-electron chi connectivity index (χ3n) is 4.96. The number of piperidine rings is 1. The molecule has 1 saturated heterocycles. The maximum atomic E-state index is 6.02. The molecule has 0 radical (unpaired) electrons. The fourth-order valence-electron chi connectivity index (χ4n) is 3.40. The summed E-state index contributed by atoms with van der Waals surface area (Å²) in [6.07, 6.45) is 5.74. The molecule has 0 amide bonds. The lowest BCUT2D eigenvalue weighted by Crippen LogP contribution is -2.39. The van der Waals surface area contributed by atoms with E-state index in [9.17, 15) is 0 Å². The first kappa shape index (κ1) is 16.1. The van der Waals surface area contributed by atoms with Crippen LogP contribution in [0.1, 0.15) is 37.2 Å². The van der Waals surface area contributed by atoms with Gasteiger partial charge in [0.2, 0.25) is 6.79 Å². The van der Waals surface area contributed by atoms with E-state index in [1.54, 1.807) is 12.4 Å². The number of hydrogen-bond acceptors (Lipinski definition) is 6. The molecule has 2 aliphatic rings. The number of nitrogens with zero attached hydrogens (tertiary/aromatic N) is 3. The van der Waals surface area contributed by atoms with Crippen molar-refractivity contribution >= 4 is 0 Å². The summed E-state index contributed by atoms with van der Waals surface area (Å²) in [5.41, 5.74) is 1.26. The minimum absolute atomic E-state index is 0.228. The number of benzene rings is 1.